The van der Waals surface area contributed by atoms with Crippen LogP contribution in [0.25, 0.3) is 11.1 Å². The average Bonchev–Trinajstić information content (AvgIpc) is 2.72. The van der Waals surface area contributed by atoms with Crippen LogP contribution in [0.4, 0.5) is 4.39 Å². The van der Waals surface area contributed by atoms with Gasteiger partial charge in [0.05, 0.1) is 6.61 Å². The summed E-state index contributed by atoms with van der Waals surface area (Å²) in [5.41, 5.74) is 6.82. The van der Waals surface area contributed by atoms with Gasteiger partial charge in [-0.3, -0.25) is 0 Å². The van der Waals surface area contributed by atoms with Gasteiger partial charge in [0.1, 0.15) is 5.82 Å². The minimum absolute atomic E-state index is 0.0158. The number of aliphatic hydroxyl groups is 1. The number of rotatable bonds is 7. The summed E-state index contributed by atoms with van der Waals surface area (Å²) in [6, 6.07) is 16.7. The highest BCUT2D eigenvalue weighted by molar-refractivity contribution is 7.98. The minimum Gasteiger partial charge on any atom is -0.392 e. The molecule has 158 valence electrons. The molecule has 0 aliphatic carbocycles. The minimum atomic E-state index is -0.229. The van der Waals surface area contributed by atoms with Crippen LogP contribution < -0.4 is 0 Å². The molecule has 0 aromatic heterocycles. The average molecular weight is 443 g/mol. The fourth-order valence-electron chi connectivity index (χ4n) is 3.82. The van der Waals surface area contributed by atoms with Gasteiger partial charge in [-0.1, -0.05) is 57.5 Å². The predicted octanol–water partition coefficient (Wildman–Crippen LogP) is 8.18. The highest BCUT2D eigenvalue weighted by Crippen LogP contribution is 2.41. The van der Waals surface area contributed by atoms with Crippen LogP contribution in [0, 0.1) is 5.82 Å². The van der Waals surface area contributed by atoms with Crippen molar-refractivity contribution >= 4 is 23.4 Å². The van der Waals surface area contributed by atoms with E-state index in [1.165, 1.54) is 28.8 Å². The predicted molar refractivity (Wildman–Crippen MR) is 127 cm³/mol. The van der Waals surface area contributed by atoms with Gasteiger partial charge in [-0.2, -0.15) is 0 Å². The SMILES string of the molecule is CC(C)c1cc(C(C)C)c(CSc2ccc(F)cc2)c(-c2ccc(Cl)cc2)c1CO. The fourth-order valence-corrected chi connectivity index (χ4v) is 4.90. The molecule has 3 rings (SSSR count). The van der Waals surface area contributed by atoms with E-state index in [1.807, 2.05) is 36.4 Å². The van der Waals surface area contributed by atoms with Crippen LogP contribution in [0.15, 0.2) is 59.5 Å². The molecule has 0 fully saturated rings. The van der Waals surface area contributed by atoms with Crippen molar-refractivity contribution in [1.29, 1.82) is 0 Å². The fraction of sp³-hybridized carbons (Fsp3) is 0.308. The summed E-state index contributed by atoms with van der Waals surface area (Å²) in [4.78, 5) is 1.02. The van der Waals surface area contributed by atoms with E-state index in [0.717, 1.165) is 27.3 Å². The number of thioether (sulfide) groups is 1. The van der Waals surface area contributed by atoms with Gasteiger partial charge in [-0.05, 0) is 81.6 Å². The first-order valence-corrected chi connectivity index (χ1v) is 11.6. The first kappa shape index (κ1) is 22.9. The number of hydrogen-bond acceptors (Lipinski definition) is 2. The summed E-state index contributed by atoms with van der Waals surface area (Å²) < 4.78 is 13.3. The van der Waals surface area contributed by atoms with Gasteiger partial charge in [0.15, 0.2) is 0 Å². The first-order chi connectivity index (χ1) is 14.3. The largest absolute Gasteiger partial charge is 0.392 e. The van der Waals surface area contributed by atoms with E-state index >= 15 is 0 Å². The van der Waals surface area contributed by atoms with Gasteiger partial charge in [-0.15, -0.1) is 11.8 Å². The Morgan fingerprint density at radius 2 is 1.43 bits per heavy atom. The standard InChI is InChI=1S/C26H28ClFOS/c1-16(2)22-13-23(17(3)4)25(15-30-21-11-9-20(28)10-12-21)26(24(22)14-29)18-5-7-19(27)8-6-18/h5-13,16-17,29H,14-15H2,1-4H3. The quantitative estimate of drug-likeness (QED) is 0.372. The molecule has 0 spiro atoms. The van der Waals surface area contributed by atoms with Crippen molar-refractivity contribution in [1.82, 2.24) is 0 Å². The van der Waals surface area contributed by atoms with Crippen molar-refractivity contribution in [2.75, 3.05) is 0 Å². The lowest BCUT2D eigenvalue weighted by atomic mass is 9.82. The Balaban J connectivity index is 2.20. The van der Waals surface area contributed by atoms with Gasteiger partial charge in [-0.25, -0.2) is 4.39 Å². The molecule has 4 heteroatoms. The highest BCUT2D eigenvalue weighted by Gasteiger charge is 2.22. The number of benzene rings is 3. The summed E-state index contributed by atoms with van der Waals surface area (Å²) in [5, 5.41) is 11.0. The summed E-state index contributed by atoms with van der Waals surface area (Å²) in [5.74, 6) is 1.15. The summed E-state index contributed by atoms with van der Waals surface area (Å²) in [6.07, 6.45) is 0. The maximum absolute atomic E-state index is 13.3. The van der Waals surface area contributed by atoms with Crippen molar-refractivity contribution in [2.24, 2.45) is 0 Å². The van der Waals surface area contributed by atoms with Crippen LogP contribution in [0.1, 0.15) is 61.8 Å². The number of halogens is 2. The van der Waals surface area contributed by atoms with E-state index in [4.69, 9.17) is 11.6 Å². The van der Waals surface area contributed by atoms with E-state index in [9.17, 15) is 9.50 Å². The molecule has 0 atom stereocenters. The Morgan fingerprint density at radius 3 is 1.97 bits per heavy atom. The Morgan fingerprint density at radius 1 is 0.867 bits per heavy atom. The van der Waals surface area contributed by atoms with Gasteiger partial charge in [0.25, 0.3) is 0 Å². The van der Waals surface area contributed by atoms with Gasteiger partial charge in [0.2, 0.25) is 0 Å². The van der Waals surface area contributed by atoms with Gasteiger partial charge >= 0.3 is 0 Å². The first-order valence-electron chi connectivity index (χ1n) is 10.3. The Kier molecular flexibility index (Phi) is 7.62. The Labute approximate surface area is 188 Å². The van der Waals surface area contributed by atoms with E-state index in [2.05, 4.69) is 33.8 Å². The maximum Gasteiger partial charge on any atom is 0.123 e. The molecule has 0 unspecified atom stereocenters. The normalized spacial score (nSPS) is 11.5. The molecular formula is C26H28ClFOS. The van der Waals surface area contributed by atoms with E-state index < -0.39 is 0 Å². The van der Waals surface area contributed by atoms with Gasteiger partial charge < -0.3 is 5.11 Å². The van der Waals surface area contributed by atoms with Crippen LogP contribution in [-0.4, -0.2) is 5.11 Å². The zero-order chi connectivity index (χ0) is 21.8. The van der Waals surface area contributed by atoms with Crippen LogP contribution in [0.3, 0.4) is 0 Å². The van der Waals surface area contributed by atoms with Crippen molar-refractivity contribution in [3.8, 4) is 11.1 Å². The molecule has 1 N–H and O–H groups in total. The lowest BCUT2D eigenvalue weighted by Gasteiger charge is -2.25. The third-order valence-electron chi connectivity index (χ3n) is 5.34. The summed E-state index contributed by atoms with van der Waals surface area (Å²) >= 11 is 7.83. The molecular weight excluding hydrogens is 415 g/mol. The van der Waals surface area contributed by atoms with E-state index in [1.54, 1.807) is 11.8 Å². The van der Waals surface area contributed by atoms with Crippen molar-refractivity contribution in [3.63, 3.8) is 0 Å². The molecule has 3 aromatic rings. The maximum atomic E-state index is 13.3. The lowest BCUT2D eigenvalue weighted by Crippen LogP contribution is -2.08. The van der Waals surface area contributed by atoms with Crippen molar-refractivity contribution in [3.05, 3.63) is 87.7 Å². The number of hydrogen-bond donors (Lipinski definition) is 1. The summed E-state index contributed by atoms with van der Waals surface area (Å²) in [7, 11) is 0. The highest BCUT2D eigenvalue weighted by atomic mass is 35.5. The molecule has 0 aliphatic heterocycles. The van der Waals surface area contributed by atoms with Crippen molar-refractivity contribution < 1.29 is 9.50 Å². The third kappa shape index (κ3) is 5.08. The zero-order valence-electron chi connectivity index (χ0n) is 17.9. The van der Waals surface area contributed by atoms with Crippen LogP contribution in [0.2, 0.25) is 5.02 Å². The molecule has 3 aromatic carbocycles. The lowest BCUT2D eigenvalue weighted by molar-refractivity contribution is 0.280. The molecule has 0 amide bonds. The van der Waals surface area contributed by atoms with E-state index in [0.29, 0.717) is 16.9 Å². The van der Waals surface area contributed by atoms with Crippen LogP contribution in [-0.2, 0) is 12.4 Å². The monoisotopic (exact) mass is 442 g/mol. The Bertz CT molecular complexity index is 995. The third-order valence-corrected chi connectivity index (χ3v) is 6.63. The second-order valence-electron chi connectivity index (χ2n) is 8.10. The van der Waals surface area contributed by atoms with E-state index in [-0.39, 0.29) is 12.4 Å². The number of aliphatic hydroxyl groups excluding tert-OH is 1. The molecule has 0 saturated carbocycles. The molecule has 0 radical (unpaired) electrons. The second-order valence-corrected chi connectivity index (χ2v) is 9.59. The smallest absolute Gasteiger partial charge is 0.123 e. The molecule has 0 bridgehead atoms. The molecule has 0 aliphatic rings. The van der Waals surface area contributed by atoms with Crippen LogP contribution >= 0.6 is 23.4 Å². The van der Waals surface area contributed by atoms with Gasteiger partial charge in [0, 0.05) is 15.7 Å². The van der Waals surface area contributed by atoms with Crippen LogP contribution in [0.5, 0.6) is 0 Å². The zero-order valence-corrected chi connectivity index (χ0v) is 19.4. The molecule has 30 heavy (non-hydrogen) atoms. The van der Waals surface area contributed by atoms with Crippen molar-refractivity contribution in [2.45, 2.75) is 56.8 Å². The molecule has 0 saturated heterocycles. The summed E-state index contributed by atoms with van der Waals surface area (Å²) in [6.45, 7) is 8.72. The second kappa shape index (κ2) is 10.00. The molecule has 1 nitrogen and oxygen atoms in total. The Hall–Kier alpha value is -1.81. The molecule has 0 heterocycles. The topological polar surface area (TPSA) is 20.2 Å².